The zero-order valence-electron chi connectivity index (χ0n) is 17.2. The Morgan fingerprint density at radius 1 is 1.15 bits per heavy atom. The van der Waals surface area contributed by atoms with E-state index in [4.69, 9.17) is 9.84 Å². The highest BCUT2D eigenvalue weighted by molar-refractivity contribution is 5.83. The van der Waals surface area contributed by atoms with Crippen LogP contribution in [0.3, 0.4) is 0 Å². The number of hydrogen-bond acceptors (Lipinski definition) is 3. The van der Waals surface area contributed by atoms with Crippen LogP contribution < -0.4 is 0 Å². The van der Waals surface area contributed by atoms with Crippen LogP contribution in [0.1, 0.15) is 84.5 Å². The van der Waals surface area contributed by atoms with Gasteiger partial charge in [0.1, 0.15) is 5.78 Å². The van der Waals surface area contributed by atoms with Gasteiger partial charge < -0.3 is 9.84 Å². The van der Waals surface area contributed by atoms with E-state index in [0.717, 1.165) is 25.7 Å². The fourth-order valence-electron chi connectivity index (χ4n) is 3.58. The molecule has 1 N–H and O–H groups in total. The van der Waals surface area contributed by atoms with Gasteiger partial charge in [0.15, 0.2) is 6.10 Å². The number of ketones is 1. The SMILES string of the molecule is CCCCCC/C=C/[C@H]1CCC(=O)[C@@H]1C/C=C\CCC(OCCC)C(=O)O. The predicted octanol–water partition coefficient (Wildman–Crippen LogP) is 5.71. The summed E-state index contributed by atoms with van der Waals surface area (Å²) in [4.78, 5) is 23.3. The number of carbonyl (C=O) groups excluding carboxylic acids is 1. The molecule has 27 heavy (non-hydrogen) atoms. The van der Waals surface area contributed by atoms with E-state index in [0.29, 0.717) is 37.6 Å². The van der Waals surface area contributed by atoms with E-state index in [9.17, 15) is 9.59 Å². The van der Waals surface area contributed by atoms with Gasteiger partial charge in [-0.1, -0.05) is 57.4 Å². The number of ether oxygens (including phenoxy) is 1. The van der Waals surface area contributed by atoms with Crippen molar-refractivity contribution < 1.29 is 19.4 Å². The second kappa shape index (κ2) is 14.6. The molecule has 4 nitrogen and oxygen atoms in total. The largest absolute Gasteiger partial charge is 0.479 e. The van der Waals surface area contributed by atoms with Gasteiger partial charge in [0.25, 0.3) is 0 Å². The van der Waals surface area contributed by atoms with Gasteiger partial charge in [-0.3, -0.25) is 4.79 Å². The molecule has 3 atom stereocenters. The minimum atomic E-state index is -0.896. The lowest BCUT2D eigenvalue weighted by atomic mass is 9.91. The Balaban J connectivity index is 2.34. The third-order valence-electron chi connectivity index (χ3n) is 5.21. The number of aliphatic carboxylic acids is 1. The first-order valence-electron chi connectivity index (χ1n) is 10.8. The van der Waals surface area contributed by atoms with Crippen LogP contribution in [-0.4, -0.2) is 29.6 Å². The summed E-state index contributed by atoms with van der Waals surface area (Å²) >= 11 is 0. The van der Waals surface area contributed by atoms with Gasteiger partial charge >= 0.3 is 5.97 Å². The van der Waals surface area contributed by atoms with Gasteiger partial charge in [0, 0.05) is 18.9 Å². The molecule has 0 aromatic heterocycles. The number of rotatable bonds is 15. The Morgan fingerprint density at radius 2 is 1.96 bits per heavy atom. The van der Waals surface area contributed by atoms with Gasteiger partial charge in [-0.25, -0.2) is 4.79 Å². The van der Waals surface area contributed by atoms with E-state index in [1.807, 2.05) is 13.0 Å². The zero-order valence-corrected chi connectivity index (χ0v) is 17.2. The summed E-state index contributed by atoms with van der Waals surface area (Å²) in [6.07, 6.45) is 18.4. The molecule has 1 aliphatic rings. The number of carboxylic acid groups (broad SMARTS) is 1. The highest BCUT2D eigenvalue weighted by Gasteiger charge is 2.31. The van der Waals surface area contributed by atoms with Crippen molar-refractivity contribution in [2.24, 2.45) is 11.8 Å². The third kappa shape index (κ3) is 9.90. The van der Waals surface area contributed by atoms with Crippen molar-refractivity contribution in [3.63, 3.8) is 0 Å². The van der Waals surface area contributed by atoms with Crippen LogP contribution in [0.25, 0.3) is 0 Å². The minimum absolute atomic E-state index is 0.0970. The molecule has 1 saturated carbocycles. The maximum absolute atomic E-state index is 12.2. The summed E-state index contributed by atoms with van der Waals surface area (Å²) in [5.74, 6) is -0.0605. The van der Waals surface area contributed by atoms with E-state index < -0.39 is 12.1 Å². The Kier molecular flexibility index (Phi) is 12.8. The van der Waals surface area contributed by atoms with E-state index in [-0.39, 0.29) is 5.92 Å². The second-order valence-electron chi connectivity index (χ2n) is 7.53. The molecule has 0 saturated heterocycles. The summed E-state index contributed by atoms with van der Waals surface area (Å²) in [6.45, 7) is 4.66. The van der Waals surface area contributed by atoms with Crippen LogP contribution in [0.5, 0.6) is 0 Å². The lowest BCUT2D eigenvalue weighted by Gasteiger charge is -2.13. The first kappa shape index (κ1) is 23.6. The van der Waals surface area contributed by atoms with Crippen LogP contribution in [0.15, 0.2) is 24.3 Å². The fraction of sp³-hybridized carbons (Fsp3) is 0.739. The van der Waals surface area contributed by atoms with Gasteiger partial charge in [0.05, 0.1) is 0 Å². The highest BCUT2D eigenvalue weighted by Crippen LogP contribution is 2.33. The number of Topliss-reactive ketones (excluding diaryl/α,β-unsaturated/α-hetero) is 1. The smallest absolute Gasteiger partial charge is 0.332 e. The summed E-state index contributed by atoms with van der Waals surface area (Å²) < 4.78 is 5.35. The molecule has 0 heterocycles. The monoisotopic (exact) mass is 378 g/mol. The predicted molar refractivity (Wildman–Crippen MR) is 110 cm³/mol. The van der Waals surface area contributed by atoms with E-state index in [2.05, 4.69) is 25.2 Å². The van der Waals surface area contributed by atoms with Crippen molar-refractivity contribution in [3.8, 4) is 0 Å². The normalized spacial score (nSPS) is 21.5. The minimum Gasteiger partial charge on any atom is -0.479 e. The summed E-state index contributed by atoms with van der Waals surface area (Å²) in [7, 11) is 0. The summed E-state index contributed by atoms with van der Waals surface area (Å²) in [6, 6.07) is 0. The number of allylic oxidation sites excluding steroid dienone is 4. The van der Waals surface area contributed by atoms with Gasteiger partial charge in [-0.2, -0.15) is 0 Å². The summed E-state index contributed by atoms with van der Waals surface area (Å²) in [5.41, 5.74) is 0. The number of carbonyl (C=O) groups is 2. The average molecular weight is 379 g/mol. The van der Waals surface area contributed by atoms with Crippen molar-refractivity contribution in [1.82, 2.24) is 0 Å². The van der Waals surface area contributed by atoms with E-state index in [1.54, 1.807) is 0 Å². The fourth-order valence-corrected chi connectivity index (χ4v) is 3.58. The van der Waals surface area contributed by atoms with Crippen molar-refractivity contribution in [1.29, 1.82) is 0 Å². The second-order valence-corrected chi connectivity index (χ2v) is 7.53. The zero-order chi connectivity index (χ0) is 19.9. The molecule has 4 heteroatoms. The topological polar surface area (TPSA) is 63.6 Å². The molecule has 0 aromatic carbocycles. The maximum Gasteiger partial charge on any atom is 0.332 e. The van der Waals surface area contributed by atoms with Crippen LogP contribution in [0.2, 0.25) is 0 Å². The molecule has 1 rings (SSSR count). The van der Waals surface area contributed by atoms with Crippen molar-refractivity contribution in [2.45, 2.75) is 90.6 Å². The molecule has 0 spiro atoms. The molecule has 1 unspecified atom stereocenters. The maximum atomic E-state index is 12.2. The Morgan fingerprint density at radius 3 is 2.67 bits per heavy atom. The van der Waals surface area contributed by atoms with E-state index >= 15 is 0 Å². The van der Waals surface area contributed by atoms with Crippen molar-refractivity contribution in [3.05, 3.63) is 24.3 Å². The molecule has 1 aliphatic carbocycles. The third-order valence-corrected chi connectivity index (χ3v) is 5.21. The first-order valence-corrected chi connectivity index (χ1v) is 10.8. The van der Waals surface area contributed by atoms with Crippen LogP contribution in [-0.2, 0) is 14.3 Å². The first-order chi connectivity index (χ1) is 13.1. The molecule has 1 fully saturated rings. The molecular weight excluding hydrogens is 340 g/mol. The molecule has 0 radical (unpaired) electrons. The van der Waals surface area contributed by atoms with Gasteiger partial charge in [-0.15, -0.1) is 0 Å². The van der Waals surface area contributed by atoms with Crippen LogP contribution >= 0.6 is 0 Å². The number of carboxylic acids is 1. The van der Waals surface area contributed by atoms with Gasteiger partial charge in [-0.05, 0) is 50.9 Å². The Labute approximate surface area is 165 Å². The van der Waals surface area contributed by atoms with Crippen LogP contribution in [0, 0.1) is 11.8 Å². The van der Waals surface area contributed by atoms with Crippen molar-refractivity contribution in [2.75, 3.05) is 6.61 Å². The molecular formula is C23H38O4. The Bertz CT molecular complexity index is 481. The Hall–Kier alpha value is -1.42. The lowest BCUT2D eigenvalue weighted by molar-refractivity contribution is -0.150. The standard InChI is InChI=1S/C23H38O4/c1-3-5-6-7-8-10-13-19-16-17-21(24)20(19)14-11-9-12-15-22(23(25)26)27-18-4-2/h9-11,13,19-20,22H,3-8,12,14-18H2,1-2H3,(H,25,26)/b11-9-,13-10+/t19-,20+,22?/m0/s1. The quantitative estimate of drug-likeness (QED) is 0.293. The average Bonchev–Trinajstić information content (AvgIpc) is 3.00. The van der Waals surface area contributed by atoms with Gasteiger partial charge in [0.2, 0.25) is 0 Å². The molecule has 0 aliphatic heterocycles. The van der Waals surface area contributed by atoms with Crippen LogP contribution in [0.4, 0.5) is 0 Å². The highest BCUT2D eigenvalue weighted by atomic mass is 16.5. The van der Waals surface area contributed by atoms with Crippen molar-refractivity contribution >= 4 is 11.8 Å². The molecule has 0 amide bonds. The molecule has 0 aromatic rings. The lowest BCUT2D eigenvalue weighted by Crippen LogP contribution is -2.24. The van der Waals surface area contributed by atoms with E-state index in [1.165, 1.54) is 25.7 Å². The molecule has 154 valence electrons. The number of unbranched alkanes of at least 4 members (excludes halogenated alkanes) is 4. The molecule has 0 bridgehead atoms. The summed E-state index contributed by atoms with van der Waals surface area (Å²) in [5, 5.41) is 9.15. The number of hydrogen-bond donors (Lipinski definition) is 1.